The SMILES string of the molecule is COc1cc2ncnc(Nc3cccc(Cl)c3F)c2cc1OC[C@@H]1CCCN1C(C)=O. The topological polar surface area (TPSA) is 76.6 Å². The number of carbonyl (C=O) groups excluding carboxylic acids is 1. The molecule has 0 bridgehead atoms. The number of fused-ring (bicyclic) bond motifs is 1. The number of hydrogen-bond donors (Lipinski definition) is 1. The molecule has 1 aliphatic heterocycles. The number of nitrogens with one attached hydrogen (secondary N) is 1. The molecule has 1 fully saturated rings. The smallest absolute Gasteiger partial charge is 0.219 e. The van der Waals surface area contributed by atoms with Gasteiger partial charge in [0.1, 0.15) is 18.8 Å². The van der Waals surface area contributed by atoms with Gasteiger partial charge in [-0.15, -0.1) is 0 Å². The van der Waals surface area contributed by atoms with E-state index >= 15 is 0 Å². The van der Waals surface area contributed by atoms with Gasteiger partial charge in [0, 0.05) is 24.9 Å². The van der Waals surface area contributed by atoms with Crippen LogP contribution in [0, 0.1) is 5.82 Å². The summed E-state index contributed by atoms with van der Waals surface area (Å²) in [5, 5.41) is 3.63. The zero-order valence-electron chi connectivity index (χ0n) is 17.2. The second-order valence-electron chi connectivity index (χ2n) is 7.29. The minimum atomic E-state index is -0.563. The average molecular weight is 445 g/mol. The van der Waals surface area contributed by atoms with E-state index in [-0.39, 0.29) is 22.7 Å². The summed E-state index contributed by atoms with van der Waals surface area (Å²) in [6.07, 6.45) is 3.23. The molecule has 1 atom stereocenters. The monoisotopic (exact) mass is 444 g/mol. The lowest BCUT2D eigenvalue weighted by Crippen LogP contribution is -2.37. The van der Waals surface area contributed by atoms with Gasteiger partial charge in [-0.25, -0.2) is 14.4 Å². The molecule has 0 spiro atoms. The lowest BCUT2D eigenvalue weighted by molar-refractivity contribution is -0.130. The number of nitrogens with zero attached hydrogens (tertiary/aromatic N) is 3. The number of halogens is 2. The fourth-order valence-electron chi connectivity index (χ4n) is 3.77. The van der Waals surface area contributed by atoms with Crippen LogP contribution in [0.1, 0.15) is 19.8 Å². The number of amides is 1. The highest BCUT2D eigenvalue weighted by molar-refractivity contribution is 6.31. The van der Waals surface area contributed by atoms with Crippen molar-refractivity contribution < 1.29 is 18.7 Å². The summed E-state index contributed by atoms with van der Waals surface area (Å²) in [6, 6.07) is 8.21. The van der Waals surface area contributed by atoms with Gasteiger partial charge in [0.15, 0.2) is 17.3 Å². The summed E-state index contributed by atoms with van der Waals surface area (Å²) in [5.74, 6) is 0.893. The maximum absolute atomic E-state index is 14.4. The lowest BCUT2D eigenvalue weighted by atomic mass is 10.2. The van der Waals surface area contributed by atoms with E-state index in [0.29, 0.717) is 34.8 Å². The highest BCUT2D eigenvalue weighted by atomic mass is 35.5. The Kier molecular flexibility index (Phi) is 6.08. The van der Waals surface area contributed by atoms with Crippen molar-refractivity contribution in [1.82, 2.24) is 14.9 Å². The van der Waals surface area contributed by atoms with Gasteiger partial charge in [0.05, 0.1) is 29.4 Å². The Morgan fingerprint density at radius 2 is 2.16 bits per heavy atom. The van der Waals surface area contributed by atoms with Crippen LogP contribution in [0.2, 0.25) is 5.02 Å². The first-order valence-electron chi connectivity index (χ1n) is 9.91. The third-order valence-corrected chi connectivity index (χ3v) is 5.63. The second-order valence-corrected chi connectivity index (χ2v) is 7.70. The van der Waals surface area contributed by atoms with E-state index in [0.717, 1.165) is 19.4 Å². The Morgan fingerprint density at radius 1 is 1.32 bits per heavy atom. The molecular weight excluding hydrogens is 423 g/mol. The number of anilines is 2. The number of methoxy groups -OCH3 is 1. The van der Waals surface area contributed by atoms with Crippen LogP contribution in [0.3, 0.4) is 0 Å². The predicted octanol–water partition coefficient (Wildman–Crippen LogP) is 4.56. The van der Waals surface area contributed by atoms with E-state index in [1.165, 1.54) is 12.4 Å². The summed E-state index contributed by atoms with van der Waals surface area (Å²) >= 11 is 5.89. The molecule has 1 N–H and O–H groups in total. The van der Waals surface area contributed by atoms with Crippen LogP contribution < -0.4 is 14.8 Å². The van der Waals surface area contributed by atoms with E-state index < -0.39 is 5.82 Å². The molecule has 1 aromatic heterocycles. The fourth-order valence-corrected chi connectivity index (χ4v) is 3.95. The number of likely N-dealkylation sites (tertiary alicyclic amines) is 1. The molecule has 162 valence electrons. The van der Waals surface area contributed by atoms with Gasteiger partial charge < -0.3 is 19.7 Å². The van der Waals surface area contributed by atoms with Gasteiger partial charge in [-0.05, 0) is 31.0 Å². The highest BCUT2D eigenvalue weighted by Crippen LogP contribution is 2.36. The van der Waals surface area contributed by atoms with Gasteiger partial charge in [0.2, 0.25) is 5.91 Å². The number of ether oxygens (including phenoxy) is 2. The average Bonchev–Trinajstić information content (AvgIpc) is 3.24. The minimum Gasteiger partial charge on any atom is -0.493 e. The first kappa shape index (κ1) is 21.1. The molecule has 1 saturated heterocycles. The Balaban J connectivity index is 1.65. The second kappa shape index (κ2) is 8.93. The van der Waals surface area contributed by atoms with E-state index in [2.05, 4.69) is 15.3 Å². The van der Waals surface area contributed by atoms with Gasteiger partial charge in [-0.2, -0.15) is 0 Å². The first-order chi connectivity index (χ1) is 15.0. The first-order valence-corrected chi connectivity index (χ1v) is 10.3. The molecule has 1 aliphatic rings. The van der Waals surface area contributed by atoms with Crippen LogP contribution in [-0.4, -0.2) is 47.1 Å². The largest absolute Gasteiger partial charge is 0.493 e. The summed E-state index contributed by atoms with van der Waals surface area (Å²) < 4.78 is 25.9. The molecule has 7 nitrogen and oxygen atoms in total. The fraction of sp³-hybridized carbons (Fsp3) is 0.318. The Bertz CT molecular complexity index is 1130. The summed E-state index contributed by atoms with van der Waals surface area (Å²) in [4.78, 5) is 22.2. The van der Waals surface area contributed by atoms with Crippen molar-refractivity contribution in [1.29, 1.82) is 0 Å². The van der Waals surface area contributed by atoms with Gasteiger partial charge in [0.25, 0.3) is 0 Å². The van der Waals surface area contributed by atoms with E-state index in [1.54, 1.807) is 38.3 Å². The molecule has 31 heavy (non-hydrogen) atoms. The van der Waals surface area contributed by atoms with Crippen molar-refractivity contribution >= 4 is 39.9 Å². The van der Waals surface area contributed by atoms with Crippen LogP contribution in [0.25, 0.3) is 10.9 Å². The van der Waals surface area contributed by atoms with Crippen LogP contribution in [0.5, 0.6) is 11.5 Å². The standard InChI is InChI=1S/C22H22ClFN4O3/c1-13(29)28-8-4-5-14(28)11-31-20-9-15-18(10-19(20)30-2)25-12-26-22(15)27-17-7-3-6-16(23)21(17)24/h3,6-7,9-10,12,14H,4-5,8,11H2,1-2H3,(H,25,26,27)/t14-/m0/s1. The van der Waals surface area contributed by atoms with Gasteiger partial charge >= 0.3 is 0 Å². The van der Waals surface area contributed by atoms with E-state index in [1.807, 2.05) is 4.90 Å². The minimum absolute atomic E-state index is 0.0145. The zero-order valence-corrected chi connectivity index (χ0v) is 17.9. The Morgan fingerprint density at radius 3 is 2.94 bits per heavy atom. The van der Waals surface area contributed by atoms with Crippen LogP contribution in [0.15, 0.2) is 36.7 Å². The number of hydrogen-bond acceptors (Lipinski definition) is 6. The molecule has 4 rings (SSSR count). The third-order valence-electron chi connectivity index (χ3n) is 5.34. The molecule has 3 aromatic rings. The van der Waals surface area contributed by atoms with Crippen molar-refractivity contribution in [2.75, 3.05) is 25.6 Å². The Hall–Kier alpha value is -3.13. The molecule has 9 heteroatoms. The summed E-state index contributed by atoms with van der Waals surface area (Å²) in [5.41, 5.74) is 0.809. The van der Waals surface area contributed by atoms with Crippen molar-refractivity contribution in [3.63, 3.8) is 0 Å². The predicted molar refractivity (Wildman–Crippen MR) is 117 cm³/mol. The molecule has 2 aromatic carbocycles. The van der Waals surface area contributed by atoms with E-state index in [4.69, 9.17) is 21.1 Å². The Labute approximate surface area is 184 Å². The third kappa shape index (κ3) is 4.34. The molecule has 0 aliphatic carbocycles. The lowest BCUT2D eigenvalue weighted by Gasteiger charge is -2.24. The molecular formula is C22H22ClFN4O3. The number of aromatic nitrogens is 2. The number of benzene rings is 2. The normalized spacial score (nSPS) is 15.9. The van der Waals surface area contributed by atoms with Crippen molar-refractivity contribution in [2.24, 2.45) is 0 Å². The molecule has 2 heterocycles. The number of carbonyl (C=O) groups is 1. The summed E-state index contributed by atoms with van der Waals surface area (Å²) in [6.45, 7) is 2.66. The summed E-state index contributed by atoms with van der Waals surface area (Å²) in [7, 11) is 1.55. The maximum atomic E-state index is 14.4. The van der Waals surface area contributed by atoms with Gasteiger partial charge in [-0.1, -0.05) is 17.7 Å². The van der Waals surface area contributed by atoms with E-state index in [9.17, 15) is 9.18 Å². The van der Waals surface area contributed by atoms with Crippen LogP contribution >= 0.6 is 11.6 Å². The zero-order chi connectivity index (χ0) is 22.0. The quantitative estimate of drug-likeness (QED) is 0.600. The van der Waals surface area contributed by atoms with Crippen molar-refractivity contribution in [3.8, 4) is 11.5 Å². The number of rotatable bonds is 6. The van der Waals surface area contributed by atoms with Gasteiger partial charge in [-0.3, -0.25) is 4.79 Å². The molecule has 0 saturated carbocycles. The highest BCUT2D eigenvalue weighted by Gasteiger charge is 2.27. The van der Waals surface area contributed by atoms with Crippen molar-refractivity contribution in [2.45, 2.75) is 25.8 Å². The molecule has 1 amide bonds. The van der Waals surface area contributed by atoms with Crippen LogP contribution in [-0.2, 0) is 4.79 Å². The molecule has 0 radical (unpaired) electrons. The maximum Gasteiger partial charge on any atom is 0.219 e. The molecule has 0 unspecified atom stereocenters. The van der Waals surface area contributed by atoms with Crippen molar-refractivity contribution in [3.05, 3.63) is 47.5 Å². The van der Waals surface area contributed by atoms with Crippen LogP contribution in [0.4, 0.5) is 15.9 Å².